The lowest BCUT2D eigenvalue weighted by Gasteiger charge is -2.41. The summed E-state index contributed by atoms with van der Waals surface area (Å²) in [5.41, 5.74) is 3.12. The maximum Gasteiger partial charge on any atom is 0.251 e. The summed E-state index contributed by atoms with van der Waals surface area (Å²) in [5.74, 6) is -1.54. The molecule has 0 aromatic heterocycles. The van der Waals surface area contributed by atoms with Crippen molar-refractivity contribution in [2.75, 3.05) is 4.90 Å². The molecule has 2 amide bonds. The first-order valence-electron chi connectivity index (χ1n) is 12.1. The lowest BCUT2D eigenvalue weighted by Crippen LogP contribution is -2.49. The summed E-state index contributed by atoms with van der Waals surface area (Å²) < 4.78 is -1.20. The van der Waals surface area contributed by atoms with Crippen LogP contribution in [0, 0.1) is 11.3 Å². The largest absolute Gasteiger partial charge is 0.508 e. The summed E-state index contributed by atoms with van der Waals surface area (Å²) in [7, 11) is 0. The molecule has 184 valence electrons. The first-order chi connectivity index (χ1) is 17.2. The van der Waals surface area contributed by atoms with E-state index in [2.05, 4.69) is 15.9 Å². The molecule has 3 aromatic carbocycles. The third-order valence-corrected chi connectivity index (χ3v) is 9.18. The molecule has 1 aliphatic carbocycles. The fraction of sp³-hybridized carbons (Fsp3) is 0.267. The van der Waals surface area contributed by atoms with Crippen molar-refractivity contribution < 1.29 is 19.8 Å². The normalized spacial score (nSPS) is 28.3. The zero-order valence-electron chi connectivity index (χ0n) is 20.2. The minimum Gasteiger partial charge on any atom is -0.508 e. The fourth-order valence-electron chi connectivity index (χ4n) is 6.00. The van der Waals surface area contributed by atoms with E-state index in [0.717, 1.165) is 22.3 Å². The molecule has 0 saturated carbocycles. The number of hydrogen-bond acceptors (Lipinski definition) is 4. The molecule has 4 atom stereocenters. The number of aliphatic hydroxyl groups excluding tert-OH is 1. The molecule has 6 heteroatoms. The van der Waals surface area contributed by atoms with Gasteiger partial charge in [-0.3, -0.25) is 9.59 Å². The monoisotopic (exact) mass is 545 g/mol. The summed E-state index contributed by atoms with van der Waals surface area (Å²) in [4.78, 5) is 29.3. The topological polar surface area (TPSA) is 77.8 Å². The molecule has 36 heavy (non-hydrogen) atoms. The number of anilines is 1. The zero-order valence-corrected chi connectivity index (χ0v) is 21.8. The average Bonchev–Trinajstić information content (AvgIpc) is 3.27. The van der Waals surface area contributed by atoms with E-state index in [1.807, 2.05) is 74.5 Å². The molecule has 0 bridgehead atoms. The Morgan fingerprint density at radius 2 is 1.47 bits per heavy atom. The van der Waals surface area contributed by atoms with E-state index in [1.165, 1.54) is 17.0 Å². The van der Waals surface area contributed by atoms with Crippen molar-refractivity contribution >= 4 is 44.6 Å². The highest BCUT2D eigenvalue weighted by atomic mass is 79.9. The Morgan fingerprint density at radius 3 is 2.03 bits per heavy atom. The fourth-order valence-corrected chi connectivity index (χ4v) is 6.84. The molecule has 1 fully saturated rings. The lowest BCUT2D eigenvalue weighted by atomic mass is 9.64. The van der Waals surface area contributed by atoms with Gasteiger partial charge in [-0.15, -0.1) is 0 Å². The van der Waals surface area contributed by atoms with Crippen LogP contribution in [0.3, 0.4) is 0 Å². The lowest BCUT2D eigenvalue weighted by molar-refractivity contribution is -0.125. The molecule has 3 aromatic rings. The van der Waals surface area contributed by atoms with Gasteiger partial charge in [0.1, 0.15) is 10.1 Å². The van der Waals surface area contributed by atoms with E-state index in [-0.39, 0.29) is 17.6 Å². The van der Waals surface area contributed by atoms with Crippen LogP contribution in [0.4, 0.5) is 5.69 Å². The Labute approximate surface area is 219 Å². The van der Waals surface area contributed by atoms with Crippen LogP contribution in [0.5, 0.6) is 5.75 Å². The number of nitrogens with zero attached hydrogens (tertiary/aromatic N) is 1. The van der Waals surface area contributed by atoms with Crippen LogP contribution < -0.4 is 4.90 Å². The Morgan fingerprint density at radius 1 is 0.917 bits per heavy atom. The summed E-state index contributed by atoms with van der Waals surface area (Å²) >= 11 is 3.72. The van der Waals surface area contributed by atoms with Crippen LogP contribution in [0.15, 0.2) is 84.9 Å². The van der Waals surface area contributed by atoms with Gasteiger partial charge in [-0.1, -0.05) is 90.4 Å². The van der Waals surface area contributed by atoms with Crippen molar-refractivity contribution in [2.45, 2.75) is 37.1 Å². The number of carbonyl (C=O) groups is 2. The molecular weight excluding hydrogens is 518 g/mol. The van der Waals surface area contributed by atoms with Crippen molar-refractivity contribution in [3.05, 3.63) is 96.1 Å². The molecule has 5 rings (SSSR count). The second-order valence-corrected chi connectivity index (χ2v) is 11.1. The molecule has 0 radical (unpaired) electrons. The van der Waals surface area contributed by atoms with E-state index in [0.29, 0.717) is 18.5 Å². The quantitative estimate of drug-likeness (QED) is 0.313. The summed E-state index contributed by atoms with van der Waals surface area (Å²) in [6.45, 7) is 3.79. The van der Waals surface area contributed by atoms with Gasteiger partial charge in [0.2, 0.25) is 5.91 Å². The summed E-state index contributed by atoms with van der Waals surface area (Å²) in [5, 5.41) is 21.5. The number of phenols is 1. The number of phenolic OH excluding ortho intramolecular Hbond substituents is 1. The van der Waals surface area contributed by atoms with Crippen LogP contribution in [-0.2, 0) is 9.59 Å². The van der Waals surface area contributed by atoms with Crippen molar-refractivity contribution in [1.29, 1.82) is 0 Å². The SMILES string of the molecule is CCC1(Br)C(=O)N(c2ccc(O)cc2)C(=O)C1C1(C)C(c2ccccc2)=C(c2ccccc2)CC1O. The Bertz CT molecular complexity index is 1340. The van der Waals surface area contributed by atoms with Crippen LogP contribution in [0.1, 0.15) is 37.8 Å². The summed E-state index contributed by atoms with van der Waals surface area (Å²) in [6, 6.07) is 25.8. The van der Waals surface area contributed by atoms with Crippen LogP contribution in [0.25, 0.3) is 11.1 Å². The van der Waals surface area contributed by atoms with E-state index >= 15 is 0 Å². The van der Waals surface area contributed by atoms with Crippen LogP contribution in [0.2, 0.25) is 0 Å². The number of alkyl halides is 1. The van der Waals surface area contributed by atoms with E-state index in [4.69, 9.17) is 0 Å². The zero-order chi connectivity index (χ0) is 25.7. The van der Waals surface area contributed by atoms with Gasteiger partial charge in [0.25, 0.3) is 5.91 Å². The number of hydrogen-bond donors (Lipinski definition) is 2. The average molecular weight is 546 g/mol. The first-order valence-corrected chi connectivity index (χ1v) is 12.9. The van der Waals surface area contributed by atoms with Crippen LogP contribution in [-0.4, -0.2) is 32.5 Å². The third-order valence-electron chi connectivity index (χ3n) is 7.82. The number of aromatic hydroxyl groups is 1. The number of amides is 2. The van der Waals surface area contributed by atoms with Crippen molar-refractivity contribution in [3.63, 3.8) is 0 Å². The molecule has 1 saturated heterocycles. The Balaban J connectivity index is 1.74. The summed E-state index contributed by atoms with van der Waals surface area (Å²) in [6.07, 6.45) is -0.149. The maximum atomic E-state index is 14.2. The minimum absolute atomic E-state index is 0.0509. The highest BCUT2D eigenvalue weighted by Crippen LogP contribution is 2.62. The van der Waals surface area contributed by atoms with Crippen molar-refractivity contribution in [3.8, 4) is 5.75 Å². The van der Waals surface area contributed by atoms with E-state index < -0.39 is 21.8 Å². The number of aliphatic hydroxyl groups is 1. The second-order valence-electron chi connectivity index (χ2n) is 9.73. The Kier molecular flexibility index (Phi) is 6.13. The molecule has 2 aliphatic rings. The van der Waals surface area contributed by atoms with Gasteiger partial charge in [-0.2, -0.15) is 0 Å². The van der Waals surface area contributed by atoms with E-state index in [9.17, 15) is 19.8 Å². The number of carbonyl (C=O) groups excluding carboxylic acids is 2. The predicted octanol–water partition coefficient (Wildman–Crippen LogP) is 5.81. The van der Waals surface area contributed by atoms with Gasteiger partial charge in [-0.25, -0.2) is 4.90 Å². The maximum absolute atomic E-state index is 14.2. The Hall–Kier alpha value is -3.22. The van der Waals surface area contributed by atoms with Gasteiger partial charge >= 0.3 is 0 Å². The molecule has 4 unspecified atom stereocenters. The van der Waals surface area contributed by atoms with Gasteiger partial charge in [0.15, 0.2) is 0 Å². The van der Waals surface area contributed by atoms with Crippen molar-refractivity contribution in [1.82, 2.24) is 0 Å². The van der Waals surface area contributed by atoms with Crippen molar-refractivity contribution in [2.24, 2.45) is 11.3 Å². The highest BCUT2D eigenvalue weighted by molar-refractivity contribution is 9.10. The molecule has 5 nitrogen and oxygen atoms in total. The van der Waals surface area contributed by atoms with Gasteiger partial charge in [0, 0.05) is 11.8 Å². The van der Waals surface area contributed by atoms with Crippen LogP contribution >= 0.6 is 15.9 Å². The number of imide groups is 1. The molecule has 2 N–H and O–H groups in total. The molecule has 1 heterocycles. The predicted molar refractivity (Wildman–Crippen MR) is 144 cm³/mol. The number of halogens is 1. The highest BCUT2D eigenvalue weighted by Gasteiger charge is 2.67. The van der Waals surface area contributed by atoms with Gasteiger partial charge in [0.05, 0.1) is 17.7 Å². The number of rotatable bonds is 5. The van der Waals surface area contributed by atoms with Gasteiger partial charge in [-0.05, 0) is 53.0 Å². The standard InChI is InChI=1S/C30H28BrNO4/c1-3-30(31)26(27(35)32(28(30)36)21-14-16-22(33)17-15-21)29(2)24(34)18-23(19-10-6-4-7-11-19)25(29)20-12-8-5-9-13-20/h4-17,24,26,33-34H,3,18H2,1-2H3. The van der Waals surface area contributed by atoms with Gasteiger partial charge < -0.3 is 10.2 Å². The molecular formula is C30H28BrNO4. The molecule has 0 spiro atoms. The first kappa shape index (κ1) is 24.5. The minimum atomic E-state index is -1.20. The molecule has 1 aliphatic heterocycles. The number of benzene rings is 3. The smallest absolute Gasteiger partial charge is 0.251 e. The third kappa shape index (κ3) is 3.54. The second kappa shape index (κ2) is 9.02. The van der Waals surface area contributed by atoms with E-state index in [1.54, 1.807) is 12.1 Å².